The van der Waals surface area contributed by atoms with Crippen LogP contribution in [0.1, 0.15) is 31.9 Å². The average Bonchev–Trinajstić information content (AvgIpc) is 3.03. The molecule has 2 rings (SSSR count). The number of nitrogens with one attached hydrogen (secondary N) is 2. The molecule has 24 heavy (non-hydrogen) atoms. The second-order valence-corrected chi connectivity index (χ2v) is 5.77. The number of ether oxygens (including phenoxy) is 1. The molecule has 1 aliphatic rings. The van der Waals surface area contributed by atoms with Gasteiger partial charge in [0.2, 0.25) is 5.91 Å². The van der Waals surface area contributed by atoms with E-state index in [2.05, 4.69) is 25.6 Å². The van der Waals surface area contributed by atoms with Gasteiger partial charge in [-0.2, -0.15) is 5.10 Å². The van der Waals surface area contributed by atoms with Crippen molar-refractivity contribution < 1.29 is 9.53 Å². The van der Waals surface area contributed by atoms with Crippen molar-refractivity contribution in [3.8, 4) is 0 Å². The van der Waals surface area contributed by atoms with Crippen molar-refractivity contribution >= 4 is 11.9 Å². The van der Waals surface area contributed by atoms with Gasteiger partial charge in [-0.25, -0.2) is 4.99 Å². The van der Waals surface area contributed by atoms with E-state index in [-0.39, 0.29) is 18.6 Å². The molecule has 1 atom stereocenters. The van der Waals surface area contributed by atoms with E-state index in [0.717, 1.165) is 31.0 Å². The normalized spacial score (nSPS) is 18.5. The summed E-state index contributed by atoms with van der Waals surface area (Å²) in [4.78, 5) is 18.4. The predicted molar refractivity (Wildman–Crippen MR) is 92.8 cm³/mol. The molecule has 1 aromatic heterocycles. The Morgan fingerprint density at radius 1 is 1.46 bits per heavy atom. The van der Waals surface area contributed by atoms with Gasteiger partial charge >= 0.3 is 0 Å². The van der Waals surface area contributed by atoms with E-state index in [1.807, 2.05) is 33.3 Å². The molecule has 0 bridgehead atoms. The second kappa shape index (κ2) is 9.27. The molecule has 1 aromatic rings. The lowest BCUT2D eigenvalue weighted by Crippen LogP contribution is -2.48. The fourth-order valence-electron chi connectivity index (χ4n) is 2.54. The lowest BCUT2D eigenvalue weighted by Gasteiger charge is -2.34. The lowest BCUT2D eigenvalue weighted by atomic mass is 10.1. The summed E-state index contributed by atoms with van der Waals surface area (Å²) in [6.07, 6.45) is 4.68. The largest absolute Gasteiger partial charge is 0.370 e. The number of aromatic nitrogens is 2. The van der Waals surface area contributed by atoms with Gasteiger partial charge in [0.15, 0.2) is 5.96 Å². The Morgan fingerprint density at radius 2 is 2.29 bits per heavy atom. The summed E-state index contributed by atoms with van der Waals surface area (Å²) in [7, 11) is 1.89. The van der Waals surface area contributed by atoms with Gasteiger partial charge in [-0.05, 0) is 13.3 Å². The molecule has 8 heteroatoms. The molecule has 0 aromatic carbocycles. The smallest absolute Gasteiger partial charge is 0.241 e. The number of rotatable bonds is 6. The molecule has 0 radical (unpaired) electrons. The van der Waals surface area contributed by atoms with Crippen LogP contribution in [0.5, 0.6) is 0 Å². The number of guanidine groups is 1. The average molecular weight is 336 g/mol. The van der Waals surface area contributed by atoms with Crippen LogP contribution in [0.25, 0.3) is 0 Å². The molecular weight excluding hydrogens is 308 g/mol. The highest BCUT2D eigenvalue weighted by Crippen LogP contribution is 2.21. The van der Waals surface area contributed by atoms with Gasteiger partial charge in [0.1, 0.15) is 12.6 Å². The number of nitrogens with zero attached hydrogens (tertiary/aromatic N) is 4. The number of hydrogen-bond acceptors (Lipinski definition) is 4. The Labute approximate surface area is 143 Å². The van der Waals surface area contributed by atoms with Crippen molar-refractivity contribution in [1.82, 2.24) is 25.3 Å². The molecule has 2 heterocycles. The summed E-state index contributed by atoms with van der Waals surface area (Å²) in [5, 5.41) is 10.3. The summed E-state index contributed by atoms with van der Waals surface area (Å²) >= 11 is 0. The first-order valence-electron chi connectivity index (χ1n) is 8.54. The van der Waals surface area contributed by atoms with Crippen molar-refractivity contribution in [1.29, 1.82) is 0 Å². The molecule has 134 valence electrons. The van der Waals surface area contributed by atoms with Crippen LogP contribution < -0.4 is 10.6 Å². The highest BCUT2D eigenvalue weighted by molar-refractivity contribution is 5.85. The van der Waals surface area contributed by atoms with Crippen molar-refractivity contribution in [2.45, 2.75) is 26.4 Å². The summed E-state index contributed by atoms with van der Waals surface area (Å²) in [6.45, 7) is 7.68. The van der Waals surface area contributed by atoms with Gasteiger partial charge < -0.3 is 20.3 Å². The van der Waals surface area contributed by atoms with E-state index < -0.39 is 0 Å². The van der Waals surface area contributed by atoms with Gasteiger partial charge in [-0.15, -0.1) is 0 Å². The molecule has 8 nitrogen and oxygen atoms in total. The van der Waals surface area contributed by atoms with Gasteiger partial charge in [0.05, 0.1) is 19.3 Å². The minimum atomic E-state index is -0.0516. The van der Waals surface area contributed by atoms with E-state index >= 15 is 0 Å². The predicted octanol–water partition coefficient (Wildman–Crippen LogP) is 0.285. The zero-order valence-electron chi connectivity index (χ0n) is 14.8. The van der Waals surface area contributed by atoms with E-state index in [4.69, 9.17) is 4.74 Å². The molecule has 1 fully saturated rings. The van der Waals surface area contributed by atoms with Crippen molar-refractivity contribution in [3.05, 3.63) is 18.0 Å². The molecule has 1 amide bonds. The molecular formula is C16H28N6O2. The van der Waals surface area contributed by atoms with Crippen LogP contribution in [-0.2, 0) is 16.6 Å². The molecule has 0 aliphatic carbocycles. The van der Waals surface area contributed by atoms with Crippen LogP contribution in [0.4, 0.5) is 0 Å². The van der Waals surface area contributed by atoms with E-state index in [1.54, 1.807) is 4.68 Å². The summed E-state index contributed by atoms with van der Waals surface area (Å²) < 4.78 is 7.63. The van der Waals surface area contributed by atoms with Crippen LogP contribution >= 0.6 is 0 Å². The topological polar surface area (TPSA) is 83.8 Å². The summed E-state index contributed by atoms with van der Waals surface area (Å²) in [5.41, 5.74) is 1.05. The first kappa shape index (κ1) is 18.3. The Morgan fingerprint density at radius 3 is 2.96 bits per heavy atom. The third-order valence-electron chi connectivity index (χ3n) is 3.74. The molecule has 1 aliphatic heterocycles. The molecule has 0 spiro atoms. The fraction of sp³-hybridized carbons (Fsp3) is 0.688. The van der Waals surface area contributed by atoms with Crippen LogP contribution in [0.15, 0.2) is 17.4 Å². The second-order valence-electron chi connectivity index (χ2n) is 5.77. The fourth-order valence-corrected chi connectivity index (χ4v) is 2.54. The van der Waals surface area contributed by atoms with Gasteiger partial charge in [0, 0.05) is 38.4 Å². The third kappa shape index (κ3) is 5.23. The standard InChI is InChI=1S/C16H28N6O2/c1-4-6-18-15(23)10-19-16(17-5-2)22-7-8-24-14(12-22)13-9-20-21(3)11-13/h9,11,14H,4-8,10,12H2,1-3H3,(H,17,19)(H,18,23). The maximum absolute atomic E-state index is 11.8. The van der Waals surface area contributed by atoms with Crippen LogP contribution in [-0.4, -0.2) is 65.9 Å². The van der Waals surface area contributed by atoms with Crippen molar-refractivity contribution in [2.75, 3.05) is 39.3 Å². The van der Waals surface area contributed by atoms with Gasteiger partial charge in [-0.3, -0.25) is 9.48 Å². The number of carbonyl (C=O) groups excluding carboxylic acids is 1. The minimum Gasteiger partial charge on any atom is -0.370 e. The maximum atomic E-state index is 11.8. The number of carbonyl (C=O) groups is 1. The SMILES string of the molecule is CCCNC(=O)CN=C(NCC)N1CCOC(c2cnn(C)c2)C1. The van der Waals surface area contributed by atoms with E-state index in [0.29, 0.717) is 19.7 Å². The zero-order chi connectivity index (χ0) is 17.4. The Kier molecular flexibility index (Phi) is 7.05. The van der Waals surface area contributed by atoms with E-state index in [1.165, 1.54) is 0 Å². The van der Waals surface area contributed by atoms with Crippen LogP contribution in [0, 0.1) is 0 Å². The summed E-state index contributed by atoms with van der Waals surface area (Å²) in [6, 6.07) is 0. The quantitative estimate of drug-likeness (QED) is 0.576. The number of morpholine rings is 1. The van der Waals surface area contributed by atoms with E-state index in [9.17, 15) is 4.79 Å². The Bertz CT molecular complexity index is 557. The number of aryl methyl sites for hydroxylation is 1. The van der Waals surface area contributed by atoms with Crippen LogP contribution in [0.3, 0.4) is 0 Å². The lowest BCUT2D eigenvalue weighted by molar-refractivity contribution is -0.119. The van der Waals surface area contributed by atoms with Gasteiger partial charge in [-0.1, -0.05) is 6.92 Å². The van der Waals surface area contributed by atoms with Crippen molar-refractivity contribution in [2.24, 2.45) is 12.0 Å². The monoisotopic (exact) mass is 336 g/mol. The summed E-state index contributed by atoms with van der Waals surface area (Å²) in [5.74, 6) is 0.700. The minimum absolute atomic E-state index is 0.0368. The van der Waals surface area contributed by atoms with Crippen LogP contribution in [0.2, 0.25) is 0 Å². The molecule has 2 N–H and O–H groups in total. The highest BCUT2D eigenvalue weighted by atomic mass is 16.5. The Hall–Kier alpha value is -2.09. The maximum Gasteiger partial charge on any atom is 0.241 e. The molecule has 1 saturated heterocycles. The first-order chi connectivity index (χ1) is 11.6. The third-order valence-corrected chi connectivity index (χ3v) is 3.74. The number of aliphatic imine (C=N–C) groups is 1. The zero-order valence-corrected chi connectivity index (χ0v) is 14.8. The van der Waals surface area contributed by atoms with Crippen molar-refractivity contribution in [3.63, 3.8) is 0 Å². The Balaban J connectivity index is 1.99. The number of hydrogen-bond donors (Lipinski definition) is 2. The molecule has 1 unspecified atom stereocenters. The first-order valence-corrected chi connectivity index (χ1v) is 8.54. The number of amides is 1. The molecule has 0 saturated carbocycles. The highest BCUT2D eigenvalue weighted by Gasteiger charge is 2.25. The van der Waals surface area contributed by atoms with Gasteiger partial charge in [0.25, 0.3) is 0 Å².